The second-order valence-electron chi connectivity index (χ2n) is 5.80. The topological polar surface area (TPSA) is 41.3 Å². The molecule has 1 aliphatic heterocycles. The van der Waals surface area contributed by atoms with Crippen LogP contribution in [0.25, 0.3) is 11.3 Å². The summed E-state index contributed by atoms with van der Waals surface area (Å²) < 4.78 is 5.35. The lowest BCUT2D eigenvalue weighted by atomic mass is 10.1. The van der Waals surface area contributed by atoms with E-state index in [9.17, 15) is 0 Å². The van der Waals surface area contributed by atoms with Gasteiger partial charge in [-0.3, -0.25) is 4.90 Å². The zero-order valence-corrected chi connectivity index (χ0v) is 11.5. The Labute approximate surface area is 118 Å². The Morgan fingerprint density at radius 3 is 3.00 bits per heavy atom. The number of likely N-dealkylation sites (tertiary alicyclic amines) is 1. The molecule has 0 radical (unpaired) electrons. The Morgan fingerprint density at radius 2 is 2.20 bits per heavy atom. The van der Waals surface area contributed by atoms with Crippen molar-refractivity contribution in [3.63, 3.8) is 0 Å². The molecule has 1 N–H and O–H groups in total. The Hall–Kier alpha value is -1.81. The highest BCUT2D eigenvalue weighted by molar-refractivity contribution is 5.63. The van der Waals surface area contributed by atoms with Crippen LogP contribution in [0.2, 0.25) is 0 Å². The van der Waals surface area contributed by atoms with Crippen LogP contribution in [0.3, 0.4) is 0 Å². The van der Waals surface area contributed by atoms with Gasteiger partial charge in [0, 0.05) is 36.4 Å². The van der Waals surface area contributed by atoms with E-state index in [0.717, 1.165) is 17.4 Å². The summed E-state index contributed by atoms with van der Waals surface area (Å²) in [6.07, 6.45) is 7.26. The number of aromatic nitrogens is 1. The van der Waals surface area contributed by atoms with Crippen LogP contribution in [-0.4, -0.2) is 35.1 Å². The van der Waals surface area contributed by atoms with Crippen molar-refractivity contribution in [2.75, 3.05) is 18.4 Å². The smallest absolute Gasteiger partial charge is 0.181 e. The summed E-state index contributed by atoms with van der Waals surface area (Å²) >= 11 is 0. The molecule has 1 aromatic carbocycles. The molecule has 4 nitrogen and oxygen atoms in total. The number of hydrogen-bond donors (Lipinski definition) is 1. The largest absolute Gasteiger partial charge is 0.444 e. The van der Waals surface area contributed by atoms with E-state index in [1.165, 1.54) is 44.4 Å². The van der Waals surface area contributed by atoms with Crippen molar-refractivity contribution in [3.05, 3.63) is 36.9 Å². The maximum absolute atomic E-state index is 5.35. The van der Waals surface area contributed by atoms with Gasteiger partial charge < -0.3 is 9.73 Å². The van der Waals surface area contributed by atoms with E-state index in [1.54, 1.807) is 6.20 Å². The molecule has 2 aliphatic rings. The Kier molecular flexibility index (Phi) is 2.96. The van der Waals surface area contributed by atoms with Crippen molar-refractivity contribution in [3.8, 4) is 11.3 Å². The number of nitrogens with one attached hydrogen (secondary N) is 1. The SMILES string of the molecule is c1cc(NC2CCN(C3CC3)C2)cc(-c2cnco2)c1. The highest BCUT2D eigenvalue weighted by Gasteiger charge is 2.34. The summed E-state index contributed by atoms with van der Waals surface area (Å²) in [7, 11) is 0. The van der Waals surface area contributed by atoms with E-state index in [-0.39, 0.29) is 0 Å². The molecule has 1 unspecified atom stereocenters. The fourth-order valence-corrected chi connectivity index (χ4v) is 3.03. The minimum atomic E-state index is 0.570. The van der Waals surface area contributed by atoms with Crippen LogP contribution >= 0.6 is 0 Å². The Morgan fingerprint density at radius 1 is 1.25 bits per heavy atom. The molecule has 4 rings (SSSR count). The Balaban J connectivity index is 1.45. The molecule has 0 spiro atoms. The third-order valence-electron chi connectivity index (χ3n) is 4.23. The summed E-state index contributed by atoms with van der Waals surface area (Å²) in [5, 5.41) is 3.65. The van der Waals surface area contributed by atoms with Crippen molar-refractivity contribution in [1.82, 2.24) is 9.88 Å². The van der Waals surface area contributed by atoms with Gasteiger partial charge in [-0.2, -0.15) is 0 Å². The summed E-state index contributed by atoms with van der Waals surface area (Å²) in [6.45, 7) is 2.42. The van der Waals surface area contributed by atoms with E-state index >= 15 is 0 Å². The number of anilines is 1. The molecule has 104 valence electrons. The lowest BCUT2D eigenvalue weighted by Crippen LogP contribution is -2.27. The fraction of sp³-hybridized carbons (Fsp3) is 0.438. The molecular formula is C16H19N3O. The van der Waals surface area contributed by atoms with Crippen LogP contribution < -0.4 is 5.32 Å². The van der Waals surface area contributed by atoms with Crippen molar-refractivity contribution in [2.45, 2.75) is 31.3 Å². The lowest BCUT2D eigenvalue weighted by Gasteiger charge is -2.17. The third-order valence-corrected chi connectivity index (χ3v) is 4.23. The van der Waals surface area contributed by atoms with Crippen molar-refractivity contribution >= 4 is 5.69 Å². The monoisotopic (exact) mass is 269 g/mol. The lowest BCUT2D eigenvalue weighted by molar-refractivity contribution is 0.326. The zero-order valence-electron chi connectivity index (χ0n) is 11.5. The van der Waals surface area contributed by atoms with E-state index in [4.69, 9.17) is 4.42 Å². The average Bonchev–Trinajstić information content (AvgIpc) is 3.00. The van der Waals surface area contributed by atoms with E-state index in [0.29, 0.717) is 6.04 Å². The van der Waals surface area contributed by atoms with Gasteiger partial charge in [-0.25, -0.2) is 4.98 Å². The molecule has 20 heavy (non-hydrogen) atoms. The van der Waals surface area contributed by atoms with E-state index < -0.39 is 0 Å². The first-order chi connectivity index (χ1) is 9.88. The van der Waals surface area contributed by atoms with Crippen LogP contribution in [0.15, 0.2) is 41.3 Å². The molecule has 0 amide bonds. The first kappa shape index (κ1) is 12.0. The molecule has 4 heteroatoms. The van der Waals surface area contributed by atoms with Crippen molar-refractivity contribution in [2.24, 2.45) is 0 Å². The molecule has 1 saturated heterocycles. The number of nitrogens with zero attached hydrogens (tertiary/aromatic N) is 2. The molecule has 1 atom stereocenters. The minimum absolute atomic E-state index is 0.570. The summed E-state index contributed by atoms with van der Waals surface area (Å²) in [5.41, 5.74) is 2.24. The highest BCUT2D eigenvalue weighted by Crippen LogP contribution is 2.31. The maximum Gasteiger partial charge on any atom is 0.181 e. The van der Waals surface area contributed by atoms with Gasteiger partial charge in [0.2, 0.25) is 0 Å². The van der Waals surface area contributed by atoms with Gasteiger partial charge in [-0.1, -0.05) is 12.1 Å². The minimum Gasteiger partial charge on any atom is -0.444 e. The van der Waals surface area contributed by atoms with Crippen LogP contribution in [0.4, 0.5) is 5.69 Å². The zero-order chi connectivity index (χ0) is 13.4. The van der Waals surface area contributed by atoms with Crippen LogP contribution in [-0.2, 0) is 0 Å². The predicted molar refractivity (Wildman–Crippen MR) is 78.6 cm³/mol. The standard InChI is InChI=1S/C16H19N3O/c1-2-12(16-9-17-11-20-16)8-13(3-1)18-14-6-7-19(10-14)15-4-5-15/h1-3,8-9,11,14-15,18H,4-7,10H2. The second kappa shape index (κ2) is 4.94. The number of oxazole rings is 1. The Bertz CT molecular complexity index is 577. The van der Waals surface area contributed by atoms with E-state index in [2.05, 4.69) is 39.5 Å². The van der Waals surface area contributed by atoms with Gasteiger partial charge in [-0.05, 0) is 31.4 Å². The molecule has 2 aromatic rings. The maximum atomic E-state index is 5.35. The quantitative estimate of drug-likeness (QED) is 0.926. The molecular weight excluding hydrogens is 250 g/mol. The summed E-state index contributed by atoms with van der Waals surface area (Å²) in [6, 6.07) is 9.83. The van der Waals surface area contributed by atoms with Gasteiger partial charge in [0.15, 0.2) is 12.2 Å². The van der Waals surface area contributed by atoms with Crippen LogP contribution in [0, 0.1) is 0 Å². The number of rotatable bonds is 4. The van der Waals surface area contributed by atoms with Gasteiger partial charge in [0.1, 0.15) is 0 Å². The van der Waals surface area contributed by atoms with Gasteiger partial charge in [-0.15, -0.1) is 0 Å². The molecule has 0 bridgehead atoms. The number of hydrogen-bond acceptors (Lipinski definition) is 4. The number of benzene rings is 1. The summed E-state index contributed by atoms with van der Waals surface area (Å²) in [5.74, 6) is 0.819. The molecule has 1 aromatic heterocycles. The normalized spacial score (nSPS) is 23.1. The fourth-order valence-electron chi connectivity index (χ4n) is 3.03. The van der Waals surface area contributed by atoms with Crippen molar-refractivity contribution < 1.29 is 4.42 Å². The second-order valence-corrected chi connectivity index (χ2v) is 5.80. The van der Waals surface area contributed by atoms with Gasteiger partial charge in [0.05, 0.1) is 6.20 Å². The first-order valence-electron chi connectivity index (χ1n) is 7.38. The van der Waals surface area contributed by atoms with Crippen LogP contribution in [0.5, 0.6) is 0 Å². The summed E-state index contributed by atoms with van der Waals surface area (Å²) in [4.78, 5) is 6.60. The van der Waals surface area contributed by atoms with Gasteiger partial charge >= 0.3 is 0 Å². The van der Waals surface area contributed by atoms with Crippen molar-refractivity contribution in [1.29, 1.82) is 0 Å². The highest BCUT2D eigenvalue weighted by atomic mass is 16.3. The molecule has 1 saturated carbocycles. The third kappa shape index (κ3) is 2.43. The molecule has 2 heterocycles. The van der Waals surface area contributed by atoms with E-state index in [1.807, 2.05) is 0 Å². The average molecular weight is 269 g/mol. The van der Waals surface area contributed by atoms with Gasteiger partial charge in [0.25, 0.3) is 0 Å². The molecule has 1 aliphatic carbocycles. The first-order valence-corrected chi connectivity index (χ1v) is 7.38. The predicted octanol–water partition coefficient (Wildman–Crippen LogP) is 2.99. The van der Waals surface area contributed by atoms with Crippen LogP contribution in [0.1, 0.15) is 19.3 Å². The molecule has 2 fully saturated rings.